The largest absolute Gasteiger partial charge is 0.341 e. The minimum Gasteiger partial charge on any atom is -0.341 e. The van der Waals surface area contributed by atoms with E-state index in [-0.39, 0.29) is 0 Å². The number of hydrogen-bond acceptors (Lipinski definition) is 10. The van der Waals surface area contributed by atoms with E-state index in [0.29, 0.717) is 0 Å². The first kappa shape index (κ1) is 20.2. The van der Waals surface area contributed by atoms with Crippen molar-refractivity contribution in [3.05, 3.63) is 76.9 Å². The molecule has 0 aliphatic heterocycles. The van der Waals surface area contributed by atoms with E-state index < -0.39 is 59.4 Å². The van der Waals surface area contributed by atoms with Crippen molar-refractivity contribution in [2.45, 2.75) is 5.62 Å². The summed E-state index contributed by atoms with van der Waals surface area (Å²) >= 11 is 5.94. The van der Waals surface area contributed by atoms with Crippen LogP contribution in [0.5, 0.6) is 0 Å². The van der Waals surface area contributed by atoms with Crippen molar-refractivity contribution >= 4 is 45.7 Å². The molecule has 0 bridgehead atoms. The fourth-order valence-corrected chi connectivity index (χ4v) is 2.47. The van der Waals surface area contributed by atoms with Crippen LogP contribution in [-0.4, -0.2) is 25.3 Å². The molecule has 0 aromatic heterocycles. The highest BCUT2D eigenvalue weighted by Gasteiger charge is 2.29. The standard InChI is InChI=1S/C13H9ClN6O8/c14-13(15-11-7(17(21)22)3-1-4-8(11)18(23)24)16-12-9(19(25)26)5-2-6-10(12)20(27)28/h1-6,13,15-16H. The van der Waals surface area contributed by atoms with Gasteiger partial charge in [0.2, 0.25) is 0 Å². The number of halogens is 1. The number of rotatable bonds is 8. The summed E-state index contributed by atoms with van der Waals surface area (Å²) < 4.78 is 0. The predicted molar refractivity (Wildman–Crippen MR) is 96.4 cm³/mol. The molecule has 0 saturated heterocycles. The zero-order chi connectivity index (χ0) is 21.0. The second kappa shape index (κ2) is 8.09. The van der Waals surface area contributed by atoms with Crippen molar-refractivity contribution in [1.82, 2.24) is 0 Å². The second-order valence-electron chi connectivity index (χ2n) is 5.02. The van der Waals surface area contributed by atoms with E-state index in [1.54, 1.807) is 0 Å². The molecule has 0 unspecified atom stereocenters. The van der Waals surface area contributed by atoms with Gasteiger partial charge in [-0.2, -0.15) is 0 Å². The van der Waals surface area contributed by atoms with Crippen molar-refractivity contribution in [3.63, 3.8) is 0 Å². The van der Waals surface area contributed by atoms with Crippen LogP contribution in [0.1, 0.15) is 0 Å². The lowest BCUT2D eigenvalue weighted by molar-refractivity contribution is -0.392. The fraction of sp³-hybridized carbons (Fsp3) is 0.0769. The smallest absolute Gasteiger partial charge is 0.299 e. The van der Waals surface area contributed by atoms with Crippen LogP contribution in [0.25, 0.3) is 0 Å². The van der Waals surface area contributed by atoms with E-state index in [4.69, 9.17) is 11.6 Å². The molecule has 2 aromatic carbocycles. The minimum absolute atomic E-state index is 0.578. The number of anilines is 2. The number of benzene rings is 2. The Morgan fingerprint density at radius 3 is 1.11 bits per heavy atom. The van der Waals surface area contributed by atoms with Gasteiger partial charge in [-0.25, -0.2) is 0 Å². The number of alkyl halides is 1. The van der Waals surface area contributed by atoms with Gasteiger partial charge in [0.25, 0.3) is 22.7 Å². The highest BCUT2D eigenvalue weighted by molar-refractivity contribution is 6.23. The first-order chi connectivity index (χ1) is 13.1. The summed E-state index contributed by atoms with van der Waals surface area (Å²) in [5.41, 5.74) is -5.49. The quantitative estimate of drug-likeness (QED) is 0.213. The molecule has 146 valence electrons. The van der Waals surface area contributed by atoms with Crippen molar-refractivity contribution in [2.75, 3.05) is 10.6 Å². The van der Waals surface area contributed by atoms with Crippen LogP contribution in [0.2, 0.25) is 0 Å². The van der Waals surface area contributed by atoms with Gasteiger partial charge >= 0.3 is 0 Å². The van der Waals surface area contributed by atoms with Crippen molar-refractivity contribution in [3.8, 4) is 0 Å². The van der Waals surface area contributed by atoms with E-state index in [1.165, 1.54) is 0 Å². The van der Waals surface area contributed by atoms with Crippen LogP contribution in [-0.2, 0) is 0 Å². The van der Waals surface area contributed by atoms with E-state index in [0.717, 1.165) is 36.4 Å². The maximum Gasteiger partial charge on any atom is 0.299 e. The molecule has 14 nitrogen and oxygen atoms in total. The van der Waals surface area contributed by atoms with E-state index >= 15 is 0 Å². The number of para-hydroxylation sites is 2. The van der Waals surface area contributed by atoms with Gasteiger partial charge in [0.15, 0.2) is 17.0 Å². The van der Waals surface area contributed by atoms with Gasteiger partial charge in [-0.3, -0.25) is 40.5 Å². The number of nitro benzene ring substituents is 4. The normalized spacial score (nSPS) is 10.4. The zero-order valence-corrected chi connectivity index (χ0v) is 14.2. The van der Waals surface area contributed by atoms with Crippen LogP contribution < -0.4 is 10.6 Å². The Balaban J connectivity index is 2.45. The highest BCUT2D eigenvalue weighted by Crippen LogP contribution is 2.37. The van der Waals surface area contributed by atoms with Gasteiger partial charge in [-0.15, -0.1) is 0 Å². The summed E-state index contributed by atoms with van der Waals surface area (Å²) in [5.74, 6) is 0. The highest BCUT2D eigenvalue weighted by atomic mass is 35.5. The predicted octanol–water partition coefficient (Wildman–Crippen LogP) is 3.37. The van der Waals surface area contributed by atoms with E-state index in [9.17, 15) is 40.5 Å². The molecule has 2 aromatic rings. The number of hydrogen-bond donors (Lipinski definition) is 2. The summed E-state index contributed by atoms with van der Waals surface area (Å²) in [4.78, 5) is 40.9. The molecule has 2 rings (SSSR count). The van der Waals surface area contributed by atoms with Crippen molar-refractivity contribution < 1.29 is 19.7 Å². The molecule has 0 radical (unpaired) electrons. The molecule has 0 heterocycles. The van der Waals surface area contributed by atoms with Crippen LogP contribution in [0, 0.1) is 40.5 Å². The molecule has 0 fully saturated rings. The first-order valence-corrected chi connectivity index (χ1v) is 7.58. The second-order valence-corrected chi connectivity index (χ2v) is 5.46. The molecule has 0 saturated carbocycles. The molecule has 0 spiro atoms. The number of nitro groups is 4. The zero-order valence-electron chi connectivity index (χ0n) is 13.5. The Kier molecular flexibility index (Phi) is 5.85. The summed E-state index contributed by atoms with van der Waals surface area (Å²) in [5, 5.41) is 49.0. The van der Waals surface area contributed by atoms with Gasteiger partial charge in [0, 0.05) is 24.3 Å². The lowest BCUT2D eigenvalue weighted by atomic mass is 10.2. The third-order valence-corrected chi connectivity index (χ3v) is 3.59. The Bertz CT molecular complexity index is 841. The lowest BCUT2D eigenvalue weighted by Gasteiger charge is -2.16. The molecule has 0 atom stereocenters. The Morgan fingerprint density at radius 1 is 0.643 bits per heavy atom. The Morgan fingerprint density at radius 2 is 0.893 bits per heavy atom. The Hall–Kier alpha value is -4.07. The fourth-order valence-electron chi connectivity index (χ4n) is 2.25. The average molecular weight is 413 g/mol. The minimum atomic E-state index is -1.61. The van der Waals surface area contributed by atoms with E-state index in [1.807, 2.05) is 0 Å². The molecule has 2 N–H and O–H groups in total. The SMILES string of the molecule is O=[N+]([O-])c1cccc([N+](=O)[O-])c1NC(Cl)Nc1c([N+](=O)[O-])cccc1[N+](=O)[O-]. The average Bonchev–Trinajstić information content (AvgIpc) is 2.61. The monoisotopic (exact) mass is 412 g/mol. The van der Waals surface area contributed by atoms with Crippen LogP contribution in [0.15, 0.2) is 36.4 Å². The maximum atomic E-state index is 11.1. The van der Waals surface area contributed by atoms with Crippen molar-refractivity contribution in [1.29, 1.82) is 0 Å². The van der Waals surface area contributed by atoms with Crippen molar-refractivity contribution in [2.24, 2.45) is 0 Å². The van der Waals surface area contributed by atoms with Gasteiger partial charge in [0.1, 0.15) is 0 Å². The maximum absolute atomic E-state index is 11.1. The molecule has 28 heavy (non-hydrogen) atoms. The van der Waals surface area contributed by atoms with Gasteiger partial charge in [0.05, 0.1) is 19.7 Å². The summed E-state index contributed by atoms with van der Waals surface area (Å²) in [6.45, 7) is 0. The molecule has 0 amide bonds. The van der Waals surface area contributed by atoms with Crippen LogP contribution in [0.3, 0.4) is 0 Å². The molecule has 0 aliphatic carbocycles. The molecule has 0 aliphatic rings. The lowest BCUT2D eigenvalue weighted by Crippen LogP contribution is -2.24. The molecular formula is C13H9ClN6O8. The number of nitrogens with zero attached hydrogens (tertiary/aromatic N) is 4. The molecule has 15 heteroatoms. The Labute approximate surface area is 159 Å². The topological polar surface area (TPSA) is 197 Å². The molecular weight excluding hydrogens is 404 g/mol. The van der Waals surface area contributed by atoms with Gasteiger partial charge in [-0.1, -0.05) is 11.6 Å². The van der Waals surface area contributed by atoms with Gasteiger partial charge in [-0.05, 0) is 12.1 Å². The number of nitrogens with one attached hydrogen (secondary N) is 2. The summed E-state index contributed by atoms with van der Waals surface area (Å²) in [6, 6.07) is 6.09. The van der Waals surface area contributed by atoms with Crippen LogP contribution >= 0.6 is 11.6 Å². The van der Waals surface area contributed by atoms with Gasteiger partial charge < -0.3 is 10.6 Å². The third-order valence-electron chi connectivity index (χ3n) is 3.37. The van der Waals surface area contributed by atoms with Crippen LogP contribution in [0.4, 0.5) is 34.1 Å². The summed E-state index contributed by atoms with van der Waals surface area (Å²) in [7, 11) is 0. The van der Waals surface area contributed by atoms with E-state index in [2.05, 4.69) is 10.6 Å². The first-order valence-electron chi connectivity index (χ1n) is 7.14. The summed E-state index contributed by atoms with van der Waals surface area (Å²) in [6.07, 6.45) is 0. The third kappa shape index (κ3) is 4.18.